The summed E-state index contributed by atoms with van der Waals surface area (Å²) in [7, 11) is 0. The van der Waals surface area contributed by atoms with E-state index >= 15 is 0 Å². The second-order valence-corrected chi connectivity index (χ2v) is 19.9. The molecular formula is C70H49NO. The van der Waals surface area contributed by atoms with E-state index in [1.807, 2.05) is 6.07 Å². The molecule has 2 aliphatic rings. The minimum atomic E-state index is -0.439. The Hall–Kier alpha value is -8.98. The maximum Gasteiger partial charge on any atom is 0.143 e. The molecule has 12 aromatic rings. The Kier molecular flexibility index (Phi) is 9.50. The van der Waals surface area contributed by atoms with Gasteiger partial charge in [-0.25, -0.2) is 0 Å². The fourth-order valence-electron chi connectivity index (χ4n) is 12.4. The van der Waals surface area contributed by atoms with E-state index in [0.29, 0.717) is 0 Å². The quantitative estimate of drug-likeness (QED) is 0.151. The molecule has 0 N–H and O–H groups in total. The molecule has 1 aromatic heterocycles. The molecule has 72 heavy (non-hydrogen) atoms. The third kappa shape index (κ3) is 6.28. The normalized spacial score (nSPS) is 13.6. The summed E-state index contributed by atoms with van der Waals surface area (Å²) in [5.41, 5.74) is 24.4. The molecule has 0 saturated heterocycles. The molecule has 340 valence electrons. The maximum absolute atomic E-state index is 6.52. The van der Waals surface area contributed by atoms with Gasteiger partial charge in [-0.05, 0) is 126 Å². The fraction of sp³-hybridized carbons (Fsp3) is 0.0571. The summed E-state index contributed by atoms with van der Waals surface area (Å²) in [6.07, 6.45) is 0. The summed E-state index contributed by atoms with van der Waals surface area (Å²) in [5.74, 6) is 0. The molecule has 11 aromatic carbocycles. The molecule has 0 saturated carbocycles. The highest BCUT2D eigenvalue weighted by atomic mass is 16.3. The second-order valence-electron chi connectivity index (χ2n) is 19.9. The number of hydrogen-bond donors (Lipinski definition) is 0. The van der Waals surface area contributed by atoms with Crippen LogP contribution in [0, 0.1) is 0 Å². The van der Waals surface area contributed by atoms with Gasteiger partial charge >= 0.3 is 0 Å². The minimum Gasteiger partial charge on any atom is -0.455 e. The second kappa shape index (κ2) is 16.3. The Morgan fingerprint density at radius 3 is 1.64 bits per heavy atom. The lowest BCUT2D eigenvalue weighted by atomic mass is 9.67. The zero-order valence-corrected chi connectivity index (χ0v) is 40.2. The van der Waals surface area contributed by atoms with Crippen molar-refractivity contribution in [1.82, 2.24) is 0 Å². The Balaban J connectivity index is 0.903. The van der Waals surface area contributed by atoms with Crippen LogP contribution in [-0.4, -0.2) is 0 Å². The van der Waals surface area contributed by atoms with Crippen molar-refractivity contribution in [2.24, 2.45) is 0 Å². The van der Waals surface area contributed by atoms with Crippen molar-refractivity contribution in [3.63, 3.8) is 0 Å². The van der Waals surface area contributed by atoms with Gasteiger partial charge in [0, 0.05) is 38.7 Å². The number of benzene rings is 11. The highest BCUT2D eigenvalue weighted by Gasteiger charge is 2.46. The van der Waals surface area contributed by atoms with E-state index in [1.165, 1.54) is 66.8 Å². The van der Waals surface area contributed by atoms with Gasteiger partial charge in [-0.15, -0.1) is 0 Å². The lowest BCUT2D eigenvalue weighted by Crippen LogP contribution is -2.28. The average molecular weight is 920 g/mol. The monoisotopic (exact) mass is 919 g/mol. The predicted molar refractivity (Wildman–Crippen MR) is 300 cm³/mol. The van der Waals surface area contributed by atoms with Crippen LogP contribution >= 0.6 is 0 Å². The number of nitrogens with zero attached hydrogens (tertiary/aromatic N) is 1. The third-order valence-corrected chi connectivity index (χ3v) is 15.8. The zero-order chi connectivity index (χ0) is 48.0. The molecule has 0 fully saturated rings. The van der Waals surface area contributed by atoms with Crippen molar-refractivity contribution >= 4 is 39.0 Å². The topological polar surface area (TPSA) is 16.4 Å². The lowest BCUT2D eigenvalue weighted by Gasteiger charge is -2.33. The van der Waals surface area contributed by atoms with Gasteiger partial charge in [-0.2, -0.15) is 0 Å². The standard InChI is InChI=1S/C70H49NO/c1-69(2)62-31-13-9-26-56(62)58-41-40-53(45-65(58)69)71(52-38-35-46(36-39-52)55-29-18-30-60-59-28-12-16-34-67(59)72-68(55)60)66-33-15-11-25-54(66)49-20-17-19-47(43-49)48-37-42-64-61(44-48)57-27-10-14-32-63(57)70(64,50-21-5-3-6-22-50)51-23-7-4-8-24-51/h3-45H,1-2H3. The van der Waals surface area contributed by atoms with Crippen LogP contribution in [0.15, 0.2) is 265 Å². The highest BCUT2D eigenvalue weighted by Crippen LogP contribution is 2.57. The number of rotatable bonds is 8. The van der Waals surface area contributed by atoms with Crippen molar-refractivity contribution < 1.29 is 4.42 Å². The van der Waals surface area contributed by atoms with Crippen LogP contribution in [0.5, 0.6) is 0 Å². The number of hydrogen-bond acceptors (Lipinski definition) is 2. The molecule has 0 aliphatic heterocycles. The molecule has 0 amide bonds. The van der Waals surface area contributed by atoms with Gasteiger partial charge in [-0.3, -0.25) is 0 Å². The average Bonchev–Trinajstić information content (AvgIpc) is 4.05. The summed E-state index contributed by atoms with van der Waals surface area (Å²) in [6.45, 7) is 4.72. The Morgan fingerprint density at radius 1 is 0.319 bits per heavy atom. The van der Waals surface area contributed by atoms with E-state index in [4.69, 9.17) is 4.42 Å². The summed E-state index contributed by atoms with van der Waals surface area (Å²) in [5, 5.41) is 2.26. The Morgan fingerprint density at radius 2 is 0.861 bits per heavy atom. The minimum absolute atomic E-state index is 0.158. The predicted octanol–water partition coefficient (Wildman–Crippen LogP) is 18.7. The molecule has 2 heteroatoms. The molecule has 0 radical (unpaired) electrons. The number of anilines is 3. The van der Waals surface area contributed by atoms with Crippen LogP contribution < -0.4 is 4.90 Å². The van der Waals surface area contributed by atoms with Crippen molar-refractivity contribution in [2.75, 3.05) is 4.90 Å². The molecule has 1 heterocycles. The van der Waals surface area contributed by atoms with Crippen molar-refractivity contribution in [1.29, 1.82) is 0 Å². The van der Waals surface area contributed by atoms with E-state index in [-0.39, 0.29) is 5.41 Å². The lowest BCUT2D eigenvalue weighted by molar-refractivity contribution is 0.660. The molecule has 2 aliphatic carbocycles. The van der Waals surface area contributed by atoms with Gasteiger partial charge in [0.15, 0.2) is 0 Å². The summed E-state index contributed by atoms with van der Waals surface area (Å²) in [6, 6.07) is 96.0. The first-order valence-electron chi connectivity index (χ1n) is 25.1. The van der Waals surface area contributed by atoms with Crippen LogP contribution in [0.3, 0.4) is 0 Å². The van der Waals surface area contributed by atoms with Gasteiger partial charge in [0.2, 0.25) is 0 Å². The van der Waals surface area contributed by atoms with Gasteiger partial charge in [0.1, 0.15) is 11.2 Å². The van der Waals surface area contributed by atoms with Gasteiger partial charge in [0.25, 0.3) is 0 Å². The number of para-hydroxylation sites is 3. The van der Waals surface area contributed by atoms with Crippen molar-refractivity contribution in [3.8, 4) is 55.6 Å². The van der Waals surface area contributed by atoms with E-state index < -0.39 is 5.41 Å². The van der Waals surface area contributed by atoms with E-state index in [9.17, 15) is 0 Å². The van der Waals surface area contributed by atoms with Crippen LogP contribution in [-0.2, 0) is 10.8 Å². The first kappa shape index (κ1) is 41.9. The Labute approximate surface area is 420 Å². The Bertz CT molecular complexity index is 4030. The number of fused-ring (bicyclic) bond motifs is 9. The fourth-order valence-corrected chi connectivity index (χ4v) is 12.4. The molecule has 2 nitrogen and oxygen atoms in total. The highest BCUT2D eigenvalue weighted by molar-refractivity contribution is 6.09. The van der Waals surface area contributed by atoms with Crippen molar-refractivity contribution in [2.45, 2.75) is 24.7 Å². The molecule has 0 atom stereocenters. The summed E-state index contributed by atoms with van der Waals surface area (Å²) in [4.78, 5) is 2.45. The zero-order valence-electron chi connectivity index (χ0n) is 40.2. The van der Waals surface area contributed by atoms with Crippen LogP contribution in [0.1, 0.15) is 47.2 Å². The largest absolute Gasteiger partial charge is 0.455 e. The summed E-state index contributed by atoms with van der Waals surface area (Å²) < 4.78 is 6.52. The molecule has 0 spiro atoms. The third-order valence-electron chi connectivity index (χ3n) is 15.8. The first-order chi connectivity index (χ1) is 35.5. The SMILES string of the molecule is CC1(C)c2ccccc2-c2ccc(N(c3ccc(-c4cccc5c4oc4ccccc45)cc3)c3ccccc3-c3cccc(-c4ccc5c(c4)-c4ccccc4C5(c4ccccc4)c4ccccc4)c3)cc21. The van der Waals surface area contributed by atoms with Crippen LogP contribution in [0.2, 0.25) is 0 Å². The molecule has 0 bridgehead atoms. The maximum atomic E-state index is 6.52. The van der Waals surface area contributed by atoms with Gasteiger partial charge in [0.05, 0.1) is 11.1 Å². The first-order valence-corrected chi connectivity index (χ1v) is 25.1. The van der Waals surface area contributed by atoms with E-state index in [0.717, 1.165) is 61.3 Å². The smallest absolute Gasteiger partial charge is 0.143 e. The molecule has 14 rings (SSSR count). The summed E-state index contributed by atoms with van der Waals surface area (Å²) >= 11 is 0. The van der Waals surface area contributed by atoms with Crippen LogP contribution in [0.4, 0.5) is 17.1 Å². The van der Waals surface area contributed by atoms with Crippen molar-refractivity contribution in [3.05, 3.63) is 294 Å². The molecule has 0 unspecified atom stereocenters. The van der Waals surface area contributed by atoms with E-state index in [1.54, 1.807) is 0 Å². The van der Waals surface area contributed by atoms with E-state index in [2.05, 4.69) is 274 Å². The van der Waals surface area contributed by atoms with Gasteiger partial charge in [-0.1, -0.05) is 226 Å². The van der Waals surface area contributed by atoms with Gasteiger partial charge < -0.3 is 9.32 Å². The number of furan rings is 1. The molecular weight excluding hydrogens is 871 g/mol. The van der Waals surface area contributed by atoms with Crippen LogP contribution in [0.25, 0.3) is 77.6 Å².